The van der Waals surface area contributed by atoms with Gasteiger partial charge in [0.05, 0.1) is 6.61 Å². The molecule has 3 nitrogen and oxygen atoms in total. The largest absolute Gasteiger partial charge is 0.350 e. The summed E-state index contributed by atoms with van der Waals surface area (Å²) >= 11 is 3.48. The number of thiol groups is 1. The molecule has 0 bridgehead atoms. The van der Waals surface area contributed by atoms with E-state index in [1.807, 2.05) is 0 Å². The molecule has 0 heterocycles. The fourth-order valence-electron chi connectivity index (χ4n) is 0.292. The van der Waals surface area contributed by atoms with Crippen LogP contribution < -0.4 is 5.32 Å². The third kappa shape index (κ3) is 5.39. The predicted octanol–water partition coefficient (Wildman–Crippen LogP) is 0.150. The van der Waals surface area contributed by atoms with Crippen molar-refractivity contribution in [1.82, 2.24) is 5.32 Å². The van der Waals surface area contributed by atoms with E-state index in [2.05, 4.69) is 29.0 Å². The van der Waals surface area contributed by atoms with Crippen molar-refractivity contribution in [3.05, 3.63) is 12.7 Å². The molecule has 0 aromatic heterocycles. The van der Waals surface area contributed by atoms with Crippen molar-refractivity contribution in [2.24, 2.45) is 0 Å². The van der Waals surface area contributed by atoms with Gasteiger partial charge < -0.3 is 9.50 Å². The molecule has 0 radical (unpaired) electrons. The molecule has 0 atom stereocenters. The summed E-state index contributed by atoms with van der Waals surface area (Å²) in [7, 11) is 0. The molecule has 0 fully saturated rings. The van der Waals surface area contributed by atoms with Crippen LogP contribution in [-0.2, 0) is 8.98 Å². The third-order valence-electron chi connectivity index (χ3n) is 0.678. The second-order valence-corrected chi connectivity index (χ2v) is 1.59. The molecule has 0 saturated carbocycles. The SMILES string of the molecule is C=CC(=O)NCCOS. The first kappa shape index (κ1) is 8.52. The van der Waals surface area contributed by atoms with E-state index in [0.29, 0.717) is 13.2 Å². The van der Waals surface area contributed by atoms with E-state index in [4.69, 9.17) is 0 Å². The van der Waals surface area contributed by atoms with Gasteiger partial charge in [0, 0.05) is 6.54 Å². The smallest absolute Gasteiger partial charge is 0.243 e. The Kier molecular flexibility index (Phi) is 5.35. The standard InChI is InChI=1S/C5H9NO2S/c1-2-5(7)6-3-4-8-9/h2,9H,1,3-4H2,(H,6,7). The van der Waals surface area contributed by atoms with Gasteiger partial charge in [0.25, 0.3) is 0 Å². The molecule has 0 aromatic carbocycles. The number of hydrogen-bond acceptors (Lipinski definition) is 3. The summed E-state index contributed by atoms with van der Waals surface area (Å²) in [6.45, 7) is 4.14. The van der Waals surface area contributed by atoms with Gasteiger partial charge in [0.15, 0.2) is 0 Å². The van der Waals surface area contributed by atoms with Crippen molar-refractivity contribution in [3.8, 4) is 0 Å². The summed E-state index contributed by atoms with van der Waals surface area (Å²) in [4.78, 5) is 10.4. The summed E-state index contributed by atoms with van der Waals surface area (Å²) < 4.78 is 4.38. The van der Waals surface area contributed by atoms with Crippen molar-refractivity contribution in [2.75, 3.05) is 13.2 Å². The molecule has 1 amide bonds. The van der Waals surface area contributed by atoms with Crippen molar-refractivity contribution in [1.29, 1.82) is 0 Å². The van der Waals surface area contributed by atoms with E-state index >= 15 is 0 Å². The van der Waals surface area contributed by atoms with Crippen LogP contribution >= 0.6 is 12.9 Å². The van der Waals surface area contributed by atoms with E-state index in [1.54, 1.807) is 0 Å². The Labute approximate surface area is 59.7 Å². The summed E-state index contributed by atoms with van der Waals surface area (Å²) in [6, 6.07) is 0. The third-order valence-corrected chi connectivity index (χ3v) is 0.861. The molecular weight excluding hydrogens is 138 g/mol. The van der Waals surface area contributed by atoms with Gasteiger partial charge in [0.1, 0.15) is 0 Å². The van der Waals surface area contributed by atoms with E-state index < -0.39 is 0 Å². The van der Waals surface area contributed by atoms with Gasteiger partial charge in [-0.1, -0.05) is 6.58 Å². The maximum atomic E-state index is 10.4. The highest BCUT2D eigenvalue weighted by Crippen LogP contribution is 1.74. The number of carbonyl (C=O) groups excluding carboxylic acids is 1. The predicted molar refractivity (Wildman–Crippen MR) is 38.1 cm³/mol. The van der Waals surface area contributed by atoms with Crippen LogP contribution in [0.15, 0.2) is 12.7 Å². The van der Waals surface area contributed by atoms with Gasteiger partial charge in [0.2, 0.25) is 5.91 Å². The molecule has 4 heteroatoms. The zero-order valence-corrected chi connectivity index (χ0v) is 5.86. The van der Waals surface area contributed by atoms with Crippen LogP contribution in [0.25, 0.3) is 0 Å². The lowest BCUT2D eigenvalue weighted by Crippen LogP contribution is -2.24. The molecule has 0 aromatic rings. The number of amides is 1. The van der Waals surface area contributed by atoms with Crippen LogP contribution in [0.5, 0.6) is 0 Å². The number of hydrogen-bond donors (Lipinski definition) is 2. The molecule has 9 heavy (non-hydrogen) atoms. The number of carbonyl (C=O) groups is 1. The summed E-state index contributed by atoms with van der Waals surface area (Å²) in [5.41, 5.74) is 0. The topological polar surface area (TPSA) is 38.3 Å². The average molecular weight is 147 g/mol. The quantitative estimate of drug-likeness (QED) is 0.257. The minimum atomic E-state index is -0.194. The molecule has 0 aliphatic carbocycles. The Balaban J connectivity index is 3.07. The first-order valence-corrected chi connectivity index (χ1v) is 2.84. The Bertz CT molecular complexity index is 105. The Morgan fingerprint density at radius 3 is 3.00 bits per heavy atom. The first-order valence-electron chi connectivity index (χ1n) is 2.48. The lowest BCUT2D eigenvalue weighted by Gasteiger charge is -1.97. The monoisotopic (exact) mass is 147 g/mol. The normalized spacial score (nSPS) is 8.56. The van der Waals surface area contributed by atoms with Gasteiger partial charge >= 0.3 is 0 Å². The van der Waals surface area contributed by atoms with Crippen LogP contribution in [0.1, 0.15) is 0 Å². The van der Waals surface area contributed by atoms with Gasteiger partial charge in [-0.3, -0.25) is 4.79 Å². The molecular formula is C5H9NO2S. The van der Waals surface area contributed by atoms with Crippen LogP contribution in [0.3, 0.4) is 0 Å². The molecule has 1 N–H and O–H groups in total. The fourth-order valence-corrected chi connectivity index (χ4v) is 0.383. The maximum Gasteiger partial charge on any atom is 0.243 e. The first-order chi connectivity index (χ1) is 4.31. The Morgan fingerprint density at radius 2 is 2.56 bits per heavy atom. The van der Waals surface area contributed by atoms with Crippen molar-refractivity contribution >= 4 is 18.8 Å². The van der Waals surface area contributed by atoms with Crippen LogP contribution in [0, 0.1) is 0 Å². The highest BCUT2D eigenvalue weighted by atomic mass is 32.1. The van der Waals surface area contributed by atoms with Crippen LogP contribution in [-0.4, -0.2) is 19.1 Å². The molecule has 0 rings (SSSR count). The maximum absolute atomic E-state index is 10.4. The number of nitrogens with one attached hydrogen (secondary N) is 1. The summed E-state index contributed by atoms with van der Waals surface area (Å²) in [5, 5.41) is 2.50. The minimum Gasteiger partial charge on any atom is -0.350 e. The zero-order valence-electron chi connectivity index (χ0n) is 4.96. The van der Waals surface area contributed by atoms with Gasteiger partial charge in [-0.25, -0.2) is 0 Å². The summed E-state index contributed by atoms with van der Waals surface area (Å²) in [6.07, 6.45) is 1.21. The van der Waals surface area contributed by atoms with Gasteiger partial charge in [-0.2, -0.15) is 0 Å². The van der Waals surface area contributed by atoms with E-state index in [0.717, 1.165) is 0 Å². The van der Waals surface area contributed by atoms with Crippen LogP contribution in [0.4, 0.5) is 0 Å². The minimum absolute atomic E-state index is 0.194. The van der Waals surface area contributed by atoms with Crippen molar-refractivity contribution < 1.29 is 8.98 Å². The van der Waals surface area contributed by atoms with Gasteiger partial charge in [-0.15, -0.1) is 0 Å². The molecule has 52 valence electrons. The second kappa shape index (κ2) is 5.65. The van der Waals surface area contributed by atoms with Crippen molar-refractivity contribution in [2.45, 2.75) is 0 Å². The Morgan fingerprint density at radius 1 is 1.89 bits per heavy atom. The van der Waals surface area contributed by atoms with E-state index in [9.17, 15) is 4.79 Å². The summed E-state index contributed by atoms with van der Waals surface area (Å²) in [5.74, 6) is -0.194. The molecule has 0 spiro atoms. The zero-order chi connectivity index (χ0) is 7.11. The molecule has 0 aliphatic rings. The molecule has 0 saturated heterocycles. The lowest BCUT2D eigenvalue weighted by atomic mass is 10.5. The average Bonchev–Trinajstić information content (AvgIpc) is 1.89. The fraction of sp³-hybridized carbons (Fsp3) is 0.400. The van der Waals surface area contributed by atoms with Crippen molar-refractivity contribution in [3.63, 3.8) is 0 Å². The second-order valence-electron chi connectivity index (χ2n) is 1.33. The molecule has 0 aliphatic heterocycles. The van der Waals surface area contributed by atoms with Gasteiger partial charge in [-0.05, 0) is 19.0 Å². The Hall–Kier alpha value is -0.480. The van der Waals surface area contributed by atoms with E-state index in [1.165, 1.54) is 6.08 Å². The number of rotatable bonds is 4. The lowest BCUT2D eigenvalue weighted by molar-refractivity contribution is -0.116. The van der Waals surface area contributed by atoms with Crippen LogP contribution in [0.2, 0.25) is 0 Å². The highest BCUT2D eigenvalue weighted by molar-refractivity contribution is 7.75. The highest BCUT2D eigenvalue weighted by Gasteiger charge is 1.89. The van der Waals surface area contributed by atoms with E-state index in [-0.39, 0.29) is 5.91 Å². The molecule has 0 unspecified atom stereocenters.